The Morgan fingerprint density at radius 1 is 0.800 bits per heavy atom. The predicted molar refractivity (Wildman–Crippen MR) is 101 cm³/mol. The van der Waals surface area contributed by atoms with Gasteiger partial charge in [0.15, 0.2) is 0 Å². The normalized spacial score (nSPS) is 29.8. The summed E-state index contributed by atoms with van der Waals surface area (Å²) < 4.78 is 2.54. The molecule has 0 spiro atoms. The average molecular weight is 324 g/mol. The lowest BCUT2D eigenvalue weighted by atomic mass is 9.73. The van der Waals surface area contributed by atoms with E-state index in [-0.39, 0.29) is 0 Å². The van der Waals surface area contributed by atoms with Crippen LogP contribution in [-0.2, 0) is 0 Å². The minimum Gasteiger partial charge on any atom is -0.296 e. The van der Waals surface area contributed by atoms with Crippen LogP contribution < -0.4 is 0 Å². The van der Waals surface area contributed by atoms with Gasteiger partial charge in [0.05, 0.1) is 11.2 Å². The molecule has 0 radical (unpaired) electrons. The van der Waals surface area contributed by atoms with Crippen molar-refractivity contribution in [2.24, 2.45) is 11.8 Å². The molecule has 2 aromatic heterocycles. The number of nitrogens with zero attached hydrogens (tertiary/aromatic N) is 2. The number of benzene rings is 2. The van der Waals surface area contributed by atoms with E-state index in [1.54, 1.807) is 5.69 Å². The highest BCUT2D eigenvalue weighted by atomic mass is 15.0. The smallest absolute Gasteiger partial charge is 0.145 e. The Balaban J connectivity index is 1.73. The molecule has 2 nitrogen and oxygen atoms in total. The first-order valence-corrected chi connectivity index (χ1v) is 9.70. The fourth-order valence-electron chi connectivity index (χ4n) is 6.46. The highest BCUT2D eigenvalue weighted by molar-refractivity contribution is 6.11. The number of imidazole rings is 1. The van der Waals surface area contributed by atoms with Crippen LogP contribution in [0.5, 0.6) is 0 Å². The lowest BCUT2D eigenvalue weighted by Crippen LogP contribution is -2.23. The Bertz CT molecular complexity index is 1180. The van der Waals surface area contributed by atoms with Crippen LogP contribution in [-0.4, -0.2) is 9.38 Å². The lowest BCUT2D eigenvalue weighted by Gasteiger charge is -2.33. The number of aromatic nitrogens is 2. The van der Waals surface area contributed by atoms with Crippen LogP contribution in [0.25, 0.3) is 27.3 Å². The van der Waals surface area contributed by atoms with Crippen molar-refractivity contribution in [3.63, 3.8) is 0 Å². The summed E-state index contributed by atoms with van der Waals surface area (Å²) in [6.07, 6.45) is 5.61. The second kappa shape index (κ2) is 4.24. The average Bonchev–Trinajstić information content (AvgIpc) is 3.16. The molecular weight excluding hydrogens is 304 g/mol. The summed E-state index contributed by atoms with van der Waals surface area (Å²) in [5.41, 5.74) is 5.53. The number of pyridine rings is 1. The fraction of sp³-hybridized carbons (Fsp3) is 0.348. The zero-order valence-electron chi connectivity index (χ0n) is 14.2. The van der Waals surface area contributed by atoms with E-state index in [1.807, 2.05) is 0 Å². The van der Waals surface area contributed by atoms with E-state index < -0.39 is 0 Å². The van der Waals surface area contributed by atoms with Crippen LogP contribution in [0.15, 0.2) is 48.5 Å². The maximum Gasteiger partial charge on any atom is 0.145 e. The molecule has 2 fully saturated rings. The van der Waals surface area contributed by atoms with E-state index in [0.717, 1.165) is 23.7 Å². The summed E-state index contributed by atoms with van der Waals surface area (Å²) in [4.78, 5) is 5.31. The standard InChI is InChI=1S/C23H20N2/c1-2-7-18-16(5-1)17-6-3-4-8-20(17)25-22-15-10-13-9-14(12-15)19(11-13)21(22)24-23(18)25/h1-8,13-15,19H,9-12H2. The molecule has 7 rings (SSSR count). The number of hydrogen-bond acceptors (Lipinski definition) is 1. The van der Waals surface area contributed by atoms with Gasteiger partial charge >= 0.3 is 0 Å². The third-order valence-electron chi connectivity index (χ3n) is 7.28. The minimum atomic E-state index is 0.719. The van der Waals surface area contributed by atoms with Crippen LogP contribution in [0.4, 0.5) is 0 Å². The van der Waals surface area contributed by atoms with E-state index in [9.17, 15) is 0 Å². The highest BCUT2D eigenvalue weighted by Crippen LogP contribution is 2.60. The van der Waals surface area contributed by atoms with Crippen molar-refractivity contribution in [2.75, 3.05) is 0 Å². The summed E-state index contributed by atoms with van der Waals surface area (Å²) in [5, 5.41) is 4.00. The van der Waals surface area contributed by atoms with Crippen molar-refractivity contribution < 1.29 is 0 Å². The Labute approximate surface area is 146 Å². The minimum absolute atomic E-state index is 0.719. The van der Waals surface area contributed by atoms with Crippen LogP contribution in [0.1, 0.15) is 48.9 Å². The van der Waals surface area contributed by atoms with Gasteiger partial charge < -0.3 is 0 Å². The number of hydrogen-bond donors (Lipinski definition) is 0. The molecular formula is C23H20N2. The van der Waals surface area contributed by atoms with Gasteiger partial charge in [-0.2, -0.15) is 0 Å². The maximum absolute atomic E-state index is 5.31. The quantitative estimate of drug-likeness (QED) is 0.383. The molecule has 3 bridgehead atoms. The molecule has 0 saturated heterocycles. The number of rotatable bonds is 0. The molecule has 2 aromatic carbocycles. The molecule has 4 atom stereocenters. The van der Waals surface area contributed by atoms with Gasteiger partial charge in [-0.1, -0.05) is 42.5 Å². The van der Waals surface area contributed by atoms with Crippen LogP contribution in [0.3, 0.4) is 0 Å². The van der Waals surface area contributed by atoms with Crippen LogP contribution in [0, 0.1) is 11.8 Å². The Hall–Kier alpha value is -2.35. The Kier molecular flexibility index (Phi) is 2.19. The second-order valence-corrected chi connectivity index (χ2v) is 8.48. The molecule has 2 heterocycles. The first-order chi connectivity index (χ1) is 12.4. The van der Waals surface area contributed by atoms with E-state index in [0.29, 0.717) is 0 Å². The van der Waals surface area contributed by atoms with Gasteiger partial charge in [-0.15, -0.1) is 0 Å². The lowest BCUT2D eigenvalue weighted by molar-refractivity contribution is 0.290. The zero-order chi connectivity index (χ0) is 16.1. The fourth-order valence-corrected chi connectivity index (χ4v) is 6.46. The SMILES string of the molecule is c1ccc2c(c1)c1ccccc1n1c3c(nc21)C1CC2CC3CC1C2. The van der Waals surface area contributed by atoms with E-state index >= 15 is 0 Å². The number of fused-ring (bicyclic) bond motifs is 12. The van der Waals surface area contributed by atoms with Gasteiger partial charge in [-0.3, -0.25) is 4.40 Å². The molecule has 0 N–H and O–H groups in total. The molecule has 4 aromatic rings. The van der Waals surface area contributed by atoms with E-state index in [2.05, 4.69) is 52.9 Å². The van der Waals surface area contributed by atoms with E-state index in [4.69, 9.17) is 4.98 Å². The summed E-state index contributed by atoms with van der Waals surface area (Å²) >= 11 is 0. The Morgan fingerprint density at radius 3 is 2.52 bits per heavy atom. The summed E-state index contributed by atoms with van der Waals surface area (Å²) in [5.74, 6) is 3.29. The highest BCUT2D eigenvalue weighted by Gasteiger charge is 2.49. The van der Waals surface area contributed by atoms with Crippen molar-refractivity contribution in [1.29, 1.82) is 0 Å². The van der Waals surface area contributed by atoms with Gasteiger partial charge in [0.1, 0.15) is 5.65 Å². The molecule has 25 heavy (non-hydrogen) atoms. The largest absolute Gasteiger partial charge is 0.296 e. The zero-order valence-corrected chi connectivity index (χ0v) is 14.2. The van der Waals surface area contributed by atoms with Gasteiger partial charge in [0.2, 0.25) is 0 Å². The topological polar surface area (TPSA) is 17.3 Å². The first kappa shape index (κ1) is 12.9. The Morgan fingerprint density at radius 2 is 1.60 bits per heavy atom. The van der Waals surface area contributed by atoms with E-state index in [1.165, 1.54) is 58.7 Å². The second-order valence-electron chi connectivity index (χ2n) is 8.48. The van der Waals surface area contributed by atoms with Crippen molar-refractivity contribution >= 4 is 27.3 Å². The van der Waals surface area contributed by atoms with Gasteiger partial charge in [0.25, 0.3) is 0 Å². The third-order valence-corrected chi connectivity index (χ3v) is 7.28. The molecule has 2 heteroatoms. The first-order valence-electron chi connectivity index (χ1n) is 9.70. The maximum atomic E-state index is 5.31. The molecule has 3 aliphatic rings. The molecule has 0 amide bonds. The van der Waals surface area contributed by atoms with Crippen LogP contribution >= 0.6 is 0 Å². The molecule has 0 aliphatic heterocycles. The summed E-state index contributed by atoms with van der Waals surface area (Å²) in [6.45, 7) is 0. The van der Waals surface area contributed by atoms with Gasteiger partial charge in [0, 0.05) is 28.3 Å². The summed E-state index contributed by atoms with van der Waals surface area (Å²) in [6, 6.07) is 17.7. The summed E-state index contributed by atoms with van der Waals surface area (Å²) in [7, 11) is 0. The van der Waals surface area contributed by atoms with Crippen molar-refractivity contribution in [3.05, 3.63) is 59.9 Å². The van der Waals surface area contributed by atoms with Crippen molar-refractivity contribution in [2.45, 2.75) is 37.5 Å². The van der Waals surface area contributed by atoms with Gasteiger partial charge in [-0.05, 0) is 49.0 Å². The monoisotopic (exact) mass is 324 g/mol. The predicted octanol–water partition coefficient (Wildman–Crippen LogP) is 5.64. The third kappa shape index (κ3) is 1.46. The molecule has 4 unspecified atom stereocenters. The van der Waals surface area contributed by atoms with Gasteiger partial charge in [-0.25, -0.2) is 4.98 Å². The number of para-hydroxylation sites is 1. The molecule has 122 valence electrons. The molecule has 2 saturated carbocycles. The molecule has 3 aliphatic carbocycles. The van der Waals surface area contributed by atoms with Crippen molar-refractivity contribution in [3.8, 4) is 0 Å². The van der Waals surface area contributed by atoms with Crippen LogP contribution in [0.2, 0.25) is 0 Å². The van der Waals surface area contributed by atoms with Crippen molar-refractivity contribution in [1.82, 2.24) is 9.38 Å².